The van der Waals surface area contributed by atoms with Crippen molar-refractivity contribution in [2.24, 2.45) is 0 Å². The zero-order valence-electron chi connectivity index (χ0n) is 10.1. The van der Waals surface area contributed by atoms with Crippen LogP contribution in [0.1, 0.15) is 15.9 Å². The molecule has 1 unspecified atom stereocenters. The van der Waals surface area contributed by atoms with Crippen LogP contribution in [0.3, 0.4) is 0 Å². The van der Waals surface area contributed by atoms with Gasteiger partial charge in [0.1, 0.15) is 0 Å². The number of amides is 1. The van der Waals surface area contributed by atoms with E-state index in [2.05, 4.69) is 12.6 Å². The van der Waals surface area contributed by atoms with Crippen LogP contribution in [0.5, 0.6) is 0 Å². The Labute approximate surface area is 112 Å². The van der Waals surface area contributed by atoms with Gasteiger partial charge >= 0.3 is 0 Å². The molecule has 5 heteroatoms. The molecule has 0 radical (unpaired) electrons. The smallest absolute Gasteiger partial charge is 0.254 e. The number of morpholine rings is 1. The van der Waals surface area contributed by atoms with Gasteiger partial charge in [-0.2, -0.15) is 5.26 Å². The molecule has 1 aliphatic heterocycles. The number of hydrogen-bond donors (Lipinski definition) is 1. The van der Waals surface area contributed by atoms with Gasteiger partial charge in [-0.25, -0.2) is 0 Å². The Morgan fingerprint density at radius 2 is 2.39 bits per heavy atom. The van der Waals surface area contributed by atoms with Gasteiger partial charge in [0.25, 0.3) is 5.91 Å². The van der Waals surface area contributed by atoms with Crippen LogP contribution in [0.15, 0.2) is 23.1 Å². The maximum Gasteiger partial charge on any atom is 0.254 e. The number of nitriles is 1. The van der Waals surface area contributed by atoms with Gasteiger partial charge in [-0.3, -0.25) is 4.79 Å². The van der Waals surface area contributed by atoms with Crippen LogP contribution < -0.4 is 0 Å². The molecule has 1 heterocycles. The van der Waals surface area contributed by atoms with Crippen molar-refractivity contribution in [2.45, 2.75) is 17.9 Å². The highest BCUT2D eigenvalue weighted by Gasteiger charge is 2.25. The molecule has 0 aliphatic carbocycles. The predicted molar refractivity (Wildman–Crippen MR) is 69.7 cm³/mol. The largest absolute Gasteiger partial charge is 0.360 e. The van der Waals surface area contributed by atoms with Gasteiger partial charge < -0.3 is 9.64 Å². The summed E-state index contributed by atoms with van der Waals surface area (Å²) in [5.41, 5.74) is 1.55. The highest BCUT2D eigenvalue weighted by molar-refractivity contribution is 7.80. The number of ether oxygens (including phenoxy) is 1. The van der Waals surface area contributed by atoms with Gasteiger partial charge in [-0.15, -0.1) is 12.6 Å². The Morgan fingerprint density at radius 1 is 1.61 bits per heavy atom. The van der Waals surface area contributed by atoms with Crippen molar-refractivity contribution < 1.29 is 9.53 Å². The summed E-state index contributed by atoms with van der Waals surface area (Å²) in [6.07, 6.45) is -0.526. The minimum absolute atomic E-state index is 0.0630. The van der Waals surface area contributed by atoms with Crippen LogP contribution in [0.2, 0.25) is 0 Å². The first-order chi connectivity index (χ1) is 8.61. The Hall–Kier alpha value is -1.51. The van der Waals surface area contributed by atoms with Crippen LogP contribution >= 0.6 is 12.6 Å². The van der Waals surface area contributed by atoms with E-state index in [-0.39, 0.29) is 5.91 Å². The number of carbonyl (C=O) groups is 1. The maximum atomic E-state index is 12.4. The summed E-state index contributed by atoms with van der Waals surface area (Å²) >= 11 is 4.25. The third-order valence-corrected chi connectivity index (χ3v) is 3.23. The first-order valence-corrected chi connectivity index (χ1v) is 6.16. The van der Waals surface area contributed by atoms with Gasteiger partial charge in [0, 0.05) is 17.0 Å². The molecule has 18 heavy (non-hydrogen) atoms. The second-order valence-corrected chi connectivity index (χ2v) is 4.76. The molecule has 94 valence electrons. The number of hydrogen-bond acceptors (Lipinski definition) is 4. The van der Waals surface area contributed by atoms with Crippen molar-refractivity contribution >= 4 is 18.5 Å². The topological polar surface area (TPSA) is 53.3 Å². The van der Waals surface area contributed by atoms with E-state index in [0.29, 0.717) is 25.3 Å². The SMILES string of the molecule is Cc1ccc(S)cc1C(=O)N1CCOC(C#N)C1. The van der Waals surface area contributed by atoms with E-state index in [1.807, 2.05) is 25.1 Å². The second-order valence-electron chi connectivity index (χ2n) is 4.24. The summed E-state index contributed by atoms with van der Waals surface area (Å²) in [6.45, 7) is 3.14. The Kier molecular flexibility index (Phi) is 3.90. The number of nitrogens with zero attached hydrogens (tertiary/aromatic N) is 2. The van der Waals surface area contributed by atoms with Crippen molar-refractivity contribution in [2.75, 3.05) is 19.7 Å². The Bertz CT molecular complexity index is 510. The van der Waals surface area contributed by atoms with E-state index < -0.39 is 6.10 Å². The van der Waals surface area contributed by atoms with E-state index in [1.54, 1.807) is 11.0 Å². The highest BCUT2D eigenvalue weighted by Crippen LogP contribution is 2.17. The fraction of sp³-hybridized carbons (Fsp3) is 0.385. The molecule has 1 aliphatic rings. The fourth-order valence-electron chi connectivity index (χ4n) is 1.92. The van der Waals surface area contributed by atoms with E-state index >= 15 is 0 Å². The van der Waals surface area contributed by atoms with Crippen molar-refractivity contribution in [1.82, 2.24) is 4.90 Å². The zero-order chi connectivity index (χ0) is 13.1. The number of aryl methyl sites for hydroxylation is 1. The van der Waals surface area contributed by atoms with Gasteiger partial charge in [-0.1, -0.05) is 6.07 Å². The lowest BCUT2D eigenvalue weighted by molar-refractivity contribution is 0.00342. The average Bonchev–Trinajstić information content (AvgIpc) is 2.41. The summed E-state index contributed by atoms with van der Waals surface area (Å²) in [5, 5.41) is 8.83. The molecule has 2 rings (SSSR count). The van der Waals surface area contributed by atoms with Crippen LogP contribution in [0, 0.1) is 18.3 Å². The van der Waals surface area contributed by atoms with Crippen LogP contribution in [-0.2, 0) is 4.74 Å². The number of rotatable bonds is 1. The standard InChI is InChI=1S/C13H14N2O2S/c1-9-2-3-11(18)6-12(9)13(16)15-4-5-17-10(7-14)8-15/h2-3,6,10,18H,4-5,8H2,1H3. The summed E-state index contributed by atoms with van der Waals surface area (Å²) in [4.78, 5) is 14.8. The normalized spacial score (nSPS) is 19.4. The van der Waals surface area contributed by atoms with Crippen molar-refractivity contribution in [3.05, 3.63) is 29.3 Å². The third kappa shape index (κ3) is 2.66. The molecule has 1 saturated heterocycles. The highest BCUT2D eigenvalue weighted by atomic mass is 32.1. The predicted octanol–water partition coefficient (Wildman–Crippen LogP) is 1.65. The number of thiol groups is 1. The minimum Gasteiger partial charge on any atom is -0.360 e. The van der Waals surface area contributed by atoms with Gasteiger partial charge in [0.15, 0.2) is 6.10 Å². The molecule has 0 spiro atoms. The van der Waals surface area contributed by atoms with Crippen LogP contribution in [-0.4, -0.2) is 36.6 Å². The number of benzene rings is 1. The molecular weight excluding hydrogens is 248 g/mol. The molecule has 0 aromatic heterocycles. The average molecular weight is 262 g/mol. The quantitative estimate of drug-likeness (QED) is 0.783. The minimum atomic E-state index is -0.526. The van der Waals surface area contributed by atoms with E-state index in [9.17, 15) is 4.79 Å². The fourth-order valence-corrected chi connectivity index (χ4v) is 2.13. The Balaban J connectivity index is 2.21. The molecule has 0 saturated carbocycles. The summed E-state index contributed by atoms with van der Waals surface area (Å²) in [5.74, 6) is -0.0630. The second kappa shape index (κ2) is 5.42. The van der Waals surface area contributed by atoms with Crippen molar-refractivity contribution in [1.29, 1.82) is 5.26 Å². The molecular formula is C13H14N2O2S. The monoisotopic (exact) mass is 262 g/mol. The van der Waals surface area contributed by atoms with Crippen LogP contribution in [0.4, 0.5) is 0 Å². The molecule has 1 aromatic rings. The molecule has 1 atom stereocenters. The lowest BCUT2D eigenvalue weighted by Gasteiger charge is -2.30. The van der Waals surface area contributed by atoms with Gasteiger partial charge in [-0.05, 0) is 24.6 Å². The molecule has 4 nitrogen and oxygen atoms in total. The molecule has 0 N–H and O–H groups in total. The molecule has 1 amide bonds. The number of carbonyl (C=O) groups excluding carboxylic acids is 1. The zero-order valence-corrected chi connectivity index (χ0v) is 11.0. The van der Waals surface area contributed by atoms with Crippen molar-refractivity contribution in [3.8, 4) is 6.07 Å². The molecule has 1 fully saturated rings. The molecule has 1 aromatic carbocycles. The van der Waals surface area contributed by atoms with E-state index in [4.69, 9.17) is 10.00 Å². The molecule has 0 bridgehead atoms. The van der Waals surface area contributed by atoms with Crippen molar-refractivity contribution in [3.63, 3.8) is 0 Å². The Morgan fingerprint density at radius 3 is 3.11 bits per heavy atom. The lowest BCUT2D eigenvalue weighted by atomic mass is 10.1. The van der Waals surface area contributed by atoms with E-state index in [0.717, 1.165) is 10.5 Å². The first kappa shape index (κ1) is 12.9. The van der Waals surface area contributed by atoms with Gasteiger partial charge in [0.2, 0.25) is 0 Å². The third-order valence-electron chi connectivity index (χ3n) is 2.95. The maximum absolute atomic E-state index is 12.4. The summed E-state index contributed by atoms with van der Waals surface area (Å²) in [7, 11) is 0. The van der Waals surface area contributed by atoms with E-state index in [1.165, 1.54) is 0 Å². The summed E-state index contributed by atoms with van der Waals surface area (Å²) in [6, 6.07) is 7.52. The van der Waals surface area contributed by atoms with Gasteiger partial charge in [0.05, 0.1) is 19.2 Å². The summed E-state index contributed by atoms with van der Waals surface area (Å²) < 4.78 is 5.23. The van der Waals surface area contributed by atoms with Crippen LogP contribution in [0.25, 0.3) is 0 Å². The lowest BCUT2D eigenvalue weighted by Crippen LogP contribution is -2.45. The first-order valence-electron chi connectivity index (χ1n) is 5.72.